The second-order valence-corrected chi connectivity index (χ2v) is 7.09. The van der Waals surface area contributed by atoms with Crippen LogP contribution in [0.3, 0.4) is 0 Å². The molecule has 3 N–H and O–H groups in total. The third-order valence-electron chi connectivity index (χ3n) is 4.61. The molecule has 0 spiro atoms. The molecular weight excluding hydrogens is 338 g/mol. The summed E-state index contributed by atoms with van der Waals surface area (Å²) in [5.74, 6) is -0.0539. The Morgan fingerprint density at radius 2 is 1.88 bits per heavy atom. The zero-order chi connectivity index (χ0) is 17.9. The van der Waals surface area contributed by atoms with E-state index in [0.29, 0.717) is 18.5 Å². The molecule has 1 aliphatic carbocycles. The maximum absolute atomic E-state index is 12.6. The van der Waals surface area contributed by atoms with Crippen molar-refractivity contribution >= 4 is 23.2 Å². The molecule has 2 amide bonds. The van der Waals surface area contributed by atoms with Gasteiger partial charge in [0.05, 0.1) is 7.11 Å². The highest BCUT2D eigenvalue weighted by atomic mass is 32.1. The minimum atomic E-state index is -0.945. The number of nitrogens with two attached hydrogens (primary N) is 1. The number of methoxy groups -OCH3 is 1. The Morgan fingerprint density at radius 1 is 1.20 bits per heavy atom. The number of aromatic nitrogens is 1. The van der Waals surface area contributed by atoms with E-state index in [1.54, 1.807) is 12.5 Å². The molecule has 1 heterocycles. The van der Waals surface area contributed by atoms with Gasteiger partial charge in [0.15, 0.2) is 0 Å². The number of hydrogen-bond acceptors (Lipinski definition) is 5. The van der Waals surface area contributed by atoms with Crippen molar-refractivity contribution in [3.63, 3.8) is 0 Å². The van der Waals surface area contributed by atoms with Gasteiger partial charge in [-0.2, -0.15) is 0 Å². The van der Waals surface area contributed by atoms with Gasteiger partial charge in [0, 0.05) is 10.9 Å². The predicted octanol–water partition coefficient (Wildman–Crippen LogP) is 2.74. The van der Waals surface area contributed by atoms with E-state index >= 15 is 0 Å². The standard InChI is InChI=1S/C18H21N3O3S/c1-24-13-7-5-12(6-8-13)16-20-14(11-25-16)15(22)21-18(17(19)23)9-3-2-4-10-18/h5-8,11H,2-4,9-10H2,1H3,(H2,19,23)(H,21,22). The first kappa shape index (κ1) is 17.4. The molecule has 7 heteroatoms. The minimum Gasteiger partial charge on any atom is -0.497 e. The Balaban J connectivity index is 1.76. The molecule has 1 aliphatic rings. The van der Waals surface area contributed by atoms with E-state index in [0.717, 1.165) is 35.6 Å². The van der Waals surface area contributed by atoms with E-state index in [1.165, 1.54) is 11.3 Å². The number of thiazole rings is 1. The van der Waals surface area contributed by atoms with Gasteiger partial charge < -0.3 is 15.8 Å². The summed E-state index contributed by atoms with van der Waals surface area (Å²) in [5, 5.41) is 5.28. The van der Waals surface area contributed by atoms with Crippen LogP contribution >= 0.6 is 11.3 Å². The van der Waals surface area contributed by atoms with Gasteiger partial charge in [-0.1, -0.05) is 19.3 Å². The first-order valence-corrected chi connectivity index (χ1v) is 9.14. The lowest BCUT2D eigenvalue weighted by atomic mass is 9.81. The number of nitrogens with one attached hydrogen (secondary N) is 1. The molecule has 0 aliphatic heterocycles. The van der Waals surface area contributed by atoms with Crippen molar-refractivity contribution in [1.82, 2.24) is 10.3 Å². The molecule has 132 valence electrons. The fourth-order valence-corrected chi connectivity index (χ4v) is 3.92. The van der Waals surface area contributed by atoms with E-state index < -0.39 is 11.4 Å². The van der Waals surface area contributed by atoms with Crippen LogP contribution in [-0.4, -0.2) is 29.4 Å². The number of nitrogens with zero attached hydrogens (tertiary/aromatic N) is 1. The summed E-state index contributed by atoms with van der Waals surface area (Å²) >= 11 is 1.38. The molecule has 6 nitrogen and oxygen atoms in total. The number of hydrogen-bond donors (Lipinski definition) is 2. The molecule has 2 aromatic rings. The summed E-state index contributed by atoms with van der Waals surface area (Å²) in [6.07, 6.45) is 4.01. The van der Waals surface area contributed by atoms with Crippen molar-refractivity contribution in [3.8, 4) is 16.3 Å². The van der Waals surface area contributed by atoms with Crippen LogP contribution in [0.2, 0.25) is 0 Å². The van der Waals surface area contributed by atoms with Crippen molar-refractivity contribution < 1.29 is 14.3 Å². The largest absolute Gasteiger partial charge is 0.497 e. The predicted molar refractivity (Wildman–Crippen MR) is 96.6 cm³/mol. The first-order valence-electron chi connectivity index (χ1n) is 8.26. The Morgan fingerprint density at radius 3 is 2.48 bits per heavy atom. The third kappa shape index (κ3) is 3.66. The Hall–Kier alpha value is -2.41. The molecule has 0 radical (unpaired) electrons. The van der Waals surface area contributed by atoms with E-state index in [4.69, 9.17) is 10.5 Å². The van der Waals surface area contributed by atoms with Gasteiger partial charge >= 0.3 is 0 Å². The molecule has 1 aromatic heterocycles. The van der Waals surface area contributed by atoms with Crippen LogP contribution in [0, 0.1) is 0 Å². The van der Waals surface area contributed by atoms with Gasteiger partial charge in [-0.3, -0.25) is 9.59 Å². The zero-order valence-electron chi connectivity index (χ0n) is 14.1. The Labute approximate surface area is 150 Å². The fourth-order valence-electron chi connectivity index (χ4n) is 3.11. The number of carbonyl (C=O) groups excluding carboxylic acids is 2. The van der Waals surface area contributed by atoms with Gasteiger partial charge in [-0.25, -0.2) is 4.98 Å². The van der Waals surface area contributed by atoms with Crippen LogP contribution < -0.4 is 15.8 Å². The maximum Gasteiger partial charge on any atom is 0.271 e. The SMILES string of the molecule is COc1ccc(-c2nc(C(=O)NC3(C(N)=O)CCCCC3)cs2)cc1. The molecule has 0 bridgehead atoms. The number of rotatable bonds is 5. The molecule has 25 heavy (non-hydrogen) atoms. The van der Waals surface area contributed by atoms with Crippen molar-refractivity contribution in [2.45, 2.75) is 37.6 Å². The van der Waals surface area contributed by atoms with Crippen LogP contribution in [0.25, 0.3) is 10.6 Å². The van der Waals surface area contributed by atoms with Gasteiger partial charge in [0.25, 0.3) is 5.91 Å². The molecule has 0 atom stereocenters. The van der Waals surface area contributed by atoms with E-state index in [1.807, 2.05) is 24.3 Å². The van der Waals surface area contributed by atoms with Crippen molar-refractivity contribution in [3.05, 3.63) is 35.3 Å². The minimum absolute atomic E-state index is 0.307. The summed E-state index contributed by atoms with van der Waals surface area (Å²) in [6, 6.07) is 7.48. The lowest BCUT2D eigenvalue weighted by Gasteiger charge is -2.34. The van der Waals surface area contributed by atoms with Gasteiger partial charge in [0.2, 0.25) is 5.91 Å². The number of carbonyl (C=O) groups is 2. The van der Waals surface area contributed by atoms with Crippen molar-refractivity contribution in [2.75, 3.05) is 7.11 Å². The van der Waals surface area contributed by atoms with Gasteiger partial charge in [-0.15, -0.1) is 11.3 Å². The van der Waals surface area contributed by atoms with Crippen molar-refractivity contribution in [2.24, 2.45) is 5.73 Å². The van der Waals surface area contributed by atoms with Crippen LogP contribution in [-0.2, 0) is 4.79 Å². The highest BCUT2D eigenvalue weighted by molar-refractivity contribution is 7.13. The van der Waals surface area contributed by atoms with Crippen LogP contribution in [0.4, 0.5) is 0 Å². The van der Waals surface area contributed by atoms with Gasteiger partial charge in [0.1, 0.15) is 22.0 Å². The van der Waals surface area contributed by atoms with Gasteiger partial charge in [-0.05, 0) is 37.1 Å². The second-order valence-electron chi connectivity index (χ2n) is 6.23. The van der Waals surface area contributed by atoms with E-state index in [2.05, 4.69) is 10.3 Å². The monoisotopic (exact) mass is 359 g/mol. The second kappa shape index (κ2) is 7.23. The quantitative estimate of drug-likeness (QED) is 0.858. The molecular formula is C18H21N3O3S. The Kier molecular flexibility index (Phi) is 5.03. The highest BCUT2D eigenvalue weighted by Crippen LogP contribution is 2.29. The van der Waals surface area contributed by atoms with Crippen molar-refractivity contribution in [1.29, 1.82) is 0 Å². The molecule has 3 rings (SSSR count). The molecule has 1 saturated carbocycles. The molecule has 1 fully saturated rings. The fraction of sp³-hybridized carbons (Fsp3) is 0.389. The molecule has 0 unspecified atom stereocenters. The lowest BCUT2D eigenvalue weighted by molar-refractivity contribution is -0.125. The smallest absolute Gasteiger partial charge is 0.271 e. The normalized spacial score (nSPS) is 16.2. The third-order valence-corrected chi connectivity index (χ3v) is 5.50. The number of primary amides is 1. The Bertz CT molecular complexity index is 764. The number of ether oxygens (including phenoxy) is 1. The lowest BCUT2D eigenvalue weighted by Crippen LogP contribution is -2.58. The summed E-state index contributed by atoms with van der Waals surface area (Å²) in [6.45, 7) is 0. The molecule has 1 aromatic carbocycles. The van der Waals surface area contributed by atoms with Crippen LogP contribution in [0.15, 0.2) is 29.6 Å². The summed E-state index contributed by atoms with van der Waals surface area (Å²) in [7, 11) is 1.61. The highest BCUT2D eigenvalue weighted by Gasteiger charge is 2.39. The first-order chi connectivity index (χ1) is 12.0. The van der Waals surface area contributed by atoms with E-state index in [-0.39, 0.29) is 5.91 Å². The maximum atomic E-state index is 12.6. The summed E-state index contributed by atoms with van der Waals surface area (Å²) < 4.78 is 5.14. The summed E-state index contributed by atoms with van der Waals surface area (Å²) in [4.78, 5) is 28.9. The molecule has 0 saturated heterocycles. The van der Waals surface area contributed by atoms with E-state index in [9.17, 15) is 9.59 Å². The zero-order valence-corrected chi connectivity index (χ0v) is 14.9. The topological polar surface area (TPSA) is 94.3 Å². The number of benzene rings is 1. The number of amides is 2. The average molecular weight is 359 g/mol. The van der Waals surface area contributed by atoms with Crippen LogP contribution in [0.5, 0.6) is 5.75 Å². The average Bonchev–Trinajstić information content (AvgIpc) is 3.13. The van der Waals surface area contributed by atoms with Crippen LogP contribution in [0.1, 0.15) is 42.6 Å². The summed E-state index contributed by atoms with van der Waals surface area (Å²) in [5.41, 5.74) is 5.84.